The van der Waals surface area contributed by atoms with E-state index in [4.69, 9.17) is 0 Å². The molecule has 0 saturated carbocycles. The predicted octanol–water partition coefficient (Wildman–Crippen LogP) is 2.30. The molecule has 0 radical (unpaired) electrons. The Balaban J connectivity index is 2.00. The molecule has 26 heavy (non-hydrogen) atoms. The third kappa shape index (κ3) is 3.11. The van der Waals surface area contributed by atoms with Gasteiger partial charge in [-0.2, -0.15) is 18.3 Å². The first-order chi connectivity index (χ1) is 12.2. The van der Waals surface area contributed by atoms with Crippen LogP contribution in [0.1, 0.15) is 35.8 Å². The summed E-state index contributed by atoms with van der Waals surface area (Å²) < 4.78 is 59.4. The molecule has 0 aliphatic carbocycles. The minimum atomic E-state index is -4.84. The number of hydrogen-bond donors (Lipinski definition) is 0. The van der Waals surface area contributed by atoms with Crippen molar-refractivity contribution in [2.45, 2.75) is 38.0 Å². The quantitative estimate of drug-likeness (QED) is 0.612. The van der Waals surface area contributed by atoms with Crippen molar-refractivity contribution in [1.29, 1.82) is 0 Å². The Bertz CT molecular complexity index is 901. The van der Waals surface area contributed by atoms with Gasteiger partial charge >= 0.3 is 17.8 Å². The Labute approximate surface area is 145 Å². The lowest BCUT2D eigenvalue weighted by molar-refractivity contribution is -0.145. The SMILES string of the molecule is COC(=O)C1CCCc2nn(Cc3cccc(C(F)(F)F)c3F)c(=O)n21. The van der Waals surface area contributed by atoms with E-state index in [-0.39, 0.29) is 5.56 Å². The number of fused-ring (bicyclic) bond motifs is 1. The van der Waals surface area contributed by atoms with Crippen LogP contribution in [0.25, 0.3) is 0 Å². The Morgan fingerprint density at radius 1 is 1.38 bits per heavy atom. The van der Waals surface area contributed by atoms with Gasteiger partial charge in [0.05, 0.1) is 19.2 Å². The minimum absolute atomic E-state index is 0.313. The molecule has 0 amide bonds. The van der Waals surface area contributed by atoms with Crippen LogP contribution >= 0.6 is 0 Å². The zero-order chi connectivity index (χ0) is 19.1. The number of halogens is 4. The van der Waals surface area contributed by atoms with Crippen molar-refractivity contribution in [2.24, 2.45) is 0 Å². The molecule has 0 fully saturated rings. The molecule has 0 N–H and O–H groups in total. The van der Waals surface area contributed by atoms with Crippen molar-refractivity contribution in [1.82, 2.24) is 14.3 Å². The van der Waals surface area contributed by atoms with E-state index in [9.17, 15) is 27.2 Å². The molecule has 1 unspecified atom stereocenters. The van der Waals surface area contributed by atoms with Crippen molar-refractivity contribution in [3.8, 4) is 0 Å². The number of esters is 1. The molecule has 1 aromatic carbocycles. The van der Waals surface area contributed by atoms with Crippen LogP contribution < -0.4 is 5.69 Å². The standard InChI is InChI=1S/C16H15F4N3O3/c1-26-14(24)11-6-3-7-12-21-22(15(25)23(11)12)8-9-4-2-5-10(13(9)17)16(18,19)20/h2,4-5,11H,3,6-8H2,1H3. The van der Waals surface area contributed by atoms with Crippen molar-refractivity contribution >= 4 is 5.97 Å². The fourth-order valence-corrected chi connectivity index (χ4v) is 3.08. The summed E-state index contributed by atoms with van der Waals surface area (Å²) in [6.07, 6.45) is -3.41. The van der Waals surface area contributed by atoms with Crippen molar-refractivity contribution in [3.05, 3.63) is 51.5 Å². The zero-order valence-electron chi connectivity index (χ0n) is 13.7. The topological polar surface area (TPSA) is 66.1 Å². The van der Waals surface area contributed by atoms with E-state index in [1.165, 1.54) is 11.7 Å². The molecule has 3 rings (SSSR count). The van der Waals surface area contributed by atoms with Gasteiger partial charge in [0.2, 0.25) is 0 Å². The normalized spacial score (nSPS) is 17.0. The lowest BCUT2D eigenvalue weighted by Gasteiger charge is -2.20. The van der Waals surface area contributed by atoms with Crippen LogP contribution in [0.15, 0.2) is 23.0 Å². The van der Waals surface area contributed by atoms with E-state index in [1.54, 1.807) is 0 Å². The van der Waals surface area contributed by atoms with Gasteiger partial charge in [0, 0.05) is 12.0 Å². The number of aromatic nitrogens is 3. The van der Waals surface area contributed by atoms with Crippen LogP contribution in [0, 0.1) is 5.82 Å². The molecule has 0 spiro atoms. The summed E-state index contributed by atoms with van der Waals surface area (Å²) in [7, 11) is 1.20. The van der Waals surface area contributed by atoms with Gasteiger partial charge in [0.1, 0.15) is 17.7 Å². The number of hydrogen-bond acceptors (Lipinski definition) is 4. The first-order valence-corrected chi connectivity index (χ1v) is 7.84. The Morgan fingerprint density at radius 2 is 2.12 bits per heavy atom. The van der Waals surface area contributed by atoms with E-state index in [0.29, 0.717) is 31.2 Å². The highest BCUT2D eigenvalue weighted by molar-refractivity contribution is 5.74. The van der Waals surface area contributed by atoms with E-state index in [0.717, 1.165) is 16.8 Å². The van der Waals surface area contributed by atoms with Gasteiger partial charge < -0.3 is 4.74 Å². The molecule has 1 aromatic heterocycles. The summed E-state index contributed by atoms with van der Waals surface area (Å²) in [6, 6.07) is 2.02. The first kappa shape index (κ1) is 18.2. The molecule has 0 saturated heterocycles. The second-order valence-corrected chi connectivity index (χ2v) is 5.93. The third-order valence-corrected chi connectivity index (χ3v) is 4.31. The largest absolute Gasteiger partial charge is 0.467 e. The number of rotatable bonds is 3. The Kier molecular flexibility index (Phi) is 4.59. The summed E-state index contributed by atoms with van der Waals surface area (Å²) in [5.41, 5.74) is -2.40. The van der Waals surface area contributed by atoms with E-state index >= 15 is 0 Å². The number of carbonyl (C=O) groups is 1. The van der Waals surface area contributed by atoms with Gasteiger partial charge in [-0.05, 0) is 18.9 Å². The van der Waals surface area contributed by atoms with Crippen LogP contribution in [0.5, 0.6) is 0 Å². The van der Waals surface area contributed by atoms with Gasteiger partial charge in [-0.25, -0.2) is 18.7 Å². The van der Waals surface area contributed by atoms with Crippen LogP contribution in [0.3, 0.4) is 0 Å². The Morgan fingerprint density at radius 3 is 2.77 bits per heavy atom. The van der Waals surface area contributed by atoms with Gasteiger partial charge in [0.15, 0.2) is 0 Å². The minimum Gasteiger partial charge on any atom is -0.467 e. The summed E-state index contributed by atoms with van der Waals surface area (Å²) in [5.74, 6) is -1.72. The van der Waals surface area contributed by atoms with Gasteiger partial charge in [-0.15, -0.1) is 0 Å². The molecule has 1 atom stereocenters. The number of carbonyl (C=O) groups excluding carboxylic acids is 1. The second-order valence-electron chi connectivity index (χ2n) is 5.93. The fraction of sp³-hybridized carbons (Fsp3) is 0.438. The second kappa shape index (κ2) is 6.58. The number of nitrogens with zero attached hydrogens (tertiary/aromatic N) is 3. The van der Waals surface area contributed by atoms with Gasteiger partial charge in [-0.3, -0.25) is 4.57 Å². The summed E-state index contributed by atoms with van der Waals surface area (Å²) in [5, 5.41) is 4.06. The fourth-order valence-electron chi connectivity index (χ4n) is 3.08. The van der Waals surface area contributed by atoms with Crippen molar-refractivity contribution in [2.75, 3.05) is 7.11 Å². The monoisotopic (exact) mass is 373 g/mol. The Hall–Kier alpha value is -2.65. The zero-order valence-corrected chi connectivity index (χ0v) is 13.7. The highest BCUT2D eigenvalue weighted by atomic mass is 19.4. The maximum Gasteiger partial charge on any atom is 0.419 e. The van der Waals surface area contributed by atoms with Crippen LogP contribution in [-0.4, -0.2) is 27.4 Å². The number of alkyl halides is 3. The predicted molar refractivity (Wildman–Crippen MR) is 81.0 cm³/mol. The average molecular weight is 373 g/mol. The molecule has 10 heteroatoms. The summed E-state index contributed by atoms with van der Waals surface area (Å²) >= 11 is 0. The molecular weight excluding hydrogens is 358 g/mol. The summed E-state index contributed by atoms with van der Waals surface area (Å²) in [6.45, 7) is -0.470. The molecule has 1 aliphatic heterocycles. The molecule has 6 nitrogen and oxygen atoms in total. The van der Waals surface area contributed by atoms with E-state index in [2.05, 4.69) is 9.84 Å². The van der Waals surface area contributed by atoms with E-state index < -0.39 is 41.8 Å². The third-order valence-electron chi connectivity index (χ3n) is 4.31. The highest BCUT2D eigenvalue weighted by Gasteiger charge is 2.35. The number of methoxy groups -OCH3 is 1. The number of ether oxygens (including phenoxy) is 1. The van der Waals surface area contributed by atoms with E-state index in [1.807, 2.05) is 0 Å². The number of aryl methyl sites for hydroxylation is 1. The van der Waals surface area contributed by atoms with Crippen LogP contribution in [0.2, 0.25) is 0 Å². The molecule has 2 heterocycles. The maximum atomic E-state index is 14.2. The molecular formula is C16H15F4N3O3. The lowest BCUT2D eigenvalue weighted by Crippen LogP contribution is -2.35. The first-order valence-electron chi connectivity index (χ1n) is 7.84. The molecule has 1 aliphatic rings. The van der Waals surface area contributed by atoms with Gasteiger partial charge in [-0.1, -0.05) is 12.1 Å². The highest BCUT2D eigenvalue weighted by Crippen LogP contribution is 2.32. The van der Waals surface area contributed by atoms with Crippen LogP contribution in [0.4, 0.5) is 17.6 Å². The van der Waals surface area contributed by atoms with Crippen molar-refractivity contribution in [3.63, 3.8) is 0 Å². The number of benzene rings is 1. The van der Waals surface area contributed by atoms with Crippen molar-refractivity contribution < 1.29 is 27.1 Å². The lowest BCUT2D eigenvalue weighted by atomic mass is 10.1. The summed E-state index contributed by atoms with van der Waals surface area (Å²) in [4.78, 5) is 24.4. The molecule has 0 bridgehead atoms. The molecule has 2 aromatic rings. The van der Waals surface area contributed by atoms with Gasteiger partial charge in [0.25, 0.3) is 0 Å². The maximum absolute atomic E-state index is 14.2. The molecule has 140 valence electrons. The average Bonchev–Trinajstić information content (AvgIpc) is 2.91. The smallest absolute Gasteiger partial charge is 0.419 e. The van der Waals surface area contributed by atoms with Crippen LogP contribution in [-0.2, 0) is 28.7 Å².